The number of carbonyl (C=O) groups excluding carboxylic acids is 2. The third kappa shape index (κ3) is 3.13. The van der Waals surface area contributed by atoms with E-state index in [0.717, 1.165) is 5.39 Å². The Balaban J connectivity index is 1.75. The van der Waals surface area contributed by atoms with Gasteiger partial charge in [0.1, 0.15) is 11.7 Å². The molecule has 0 bridgehead atoms. The molecule has 1 aromatic carbocycles. The monoisotopic (exact) mass is 347 g/mol. The number of carbonyl (C=O) groups is 2. The third-order valence-electron chi connectivity index (χ3n) is 4.38. The highest BCUT2D eigenvalue weighted by Gasteiger charge is 2.37. The molecule has 6 nitrogen and oxygen atoms in total. The van der Waals surface area contributed by atoms with E-state index in [0.29, 0.717) is 22.9 Å². The van der Waals surface area contributed by atoms with Gasteiger partial charge in [0.05, 0.1) is 12.3 Å². The number of hydrogen-bond donors (Lipinski definition) is 0. The topological polar surface area (TPSA) is 66.7 Å². The van der Waals surface area contributed by atoms with E-state index < -0.39 is 6.04 Å². The molecule has 0 unspecified atom stereocenters. The molecule has 2 amide bonds. The van der Waals surface area contributed by atoms with E-state index in [4.69, 9.17) is 4.52 Å². The van der Waals surface area contributed by atoms with Crippen molar-refractivity contribution in [2.75, 3.05) is 18.7 Å². The molecule has 2 heterocycles. The van der Waals surface area contributed by atoms with E-state index >= 15 is 0 Å². The number of para-hydroxylation sites is 1. The normalized spacial score (nSPS) is 17.7. The minimum atomic E-state index is -0.395. The Labute approximate surface area is 145 Å². The predicted molar refractivity (Wildman–Crippen MR) is 93.6 cm³/mol. The number of hydrogen-bond acceptors (Lipinski definition) is 5. The molecule has 1 aliphatic rings. The van der Waals surface area contributed by atoms with Gasteiger partial charge < -0.3 is 14.3 Å². The van der Waals surface area contributed by atoms with Gasteiger partial charge in [0.15, 0.2) is 5.58 Å². The first kappa shape index (κ1) is 16.8. The fraction of sp³-hybridized carbons (Fsp3) is 0.471. The van der Waals surface area contributed by atoms with Gasteiger partial charge in [-0.2, -0.15) is 0 Å². The van der Waals surface area contributed by atoms with Crippen molar-refractivity contribution < 1.29 is 14.1 Å². The van der Waals surface area contributed by atoms with Gasteiger partial charge in [-0.1, -0.05) is 17.3 Å². The summed E-state index contributed by atoms with van der Waals surface area (Å²) < 4.78 is 5.26. The van der Waals surface area contributed by atoms with Crippen molar-refractivity contribution in [2.24, 2.45) is 0 Å². The molecule has 1 aromatic heterocycles. The van der Waals surface area contributed by atoms with E-state index in [-0.39, 0.29) is 24.3 Å². The van der Waals surface area contributed by atoms with E-state index in [1.165, 1.54) is 0 Å². The molecule has 3 rings (SSSR count). The maximum absolute atomic E-state index is 12.7. The molecule has 0 spiro atoms. The molecule has 7 heteroatoms. The maximum atomic E-state index is 12.7. The molecule has 24 heavy (non-hydrogen) atoms. The lowest BCUT2D eigenvalue weighted by molar-refractivity contribution is -0.143. The van der Waals surface area contributed by atoms with Gasteiger partial charge >= 0.3 is 0 Å². The van der Waals surface area contributed by atoms with Crippen LogP contribution in [-0.2, 0) is 16.0 Å². The van der Waals surface area contributed by atoms with Crippen molar-refractivity contribution in [1.29, 1.82) is 0 Å². The summed E-state index contributed by atoms with van der Waals surface area (Å²) in [6.45, 7) is 3.93. The zero-order valence-electron chi connectivity index (χ0n) is 14.1. The van der Waals surface area contributed by atoms with Crippen molar-refractivity contribution in [3.05, 3.63) is 30.0 Å². The van der Waals surface area contributed by atoms with Crippen LogP contribution in [0.25, 0.3) is 11.0 Å². The third-order valence-corrected chi connectivity index (χ3v) is 5.39. The SMILES string of the molecule is CC(C)N(C)C(=O)[C@H]1CSCN1C(=O)Cc1noc2ccccc12. The molecule has 0 aliphatic carbocycles. The Bertz CT molecular complexity index is 758. The summed E-state index contributed by atoms with van der Waals surface area (Å²) in [5, 5.41) is 4.86. The predicted octanol–water partition coefficient (Wildman–Crippen LogP) is 2.14. The van der Waals surface area contributed by atoms with Crippen LogP contribution in [0.3, 0.4) is 0 Å². The van der Waals surface area contributed by atoms with Gasteiger partial charge in [-0.15, -0.1) is 11.8 Å². The molecule has 128 valence electrons. The summed E-state index contributed by atoms with van der Waals surface area (Å²) in [7, 11) is 1.78. The summed E-state index contributed by atoms with van der Waals surface area (Å²) in [5.41, 5.74) is 1.29. The van der Waals surface area contributed by atoms with Gasteiger partial charge in [0, 0.05) is 24.2 Å². The van der Waals surface area contributed by atoms with Crippen LogP contribution in [0.4, 0.5) is 0 Å². The summed E-state index contributed by atoms with van der Waals surface area (Å²) in [4.78, 5) is 28.7. The molecule has 0 N–H and O–H groups in total. The first-order valence-corrected chi connectivity index (χ1v) is 9.11. The second kappa shape index (κ2) is 6.84. The van der Waals surface area contributed by atoms with Crippen LogP contribution in [0, 0.1) is 0 Å². The molecular formula is C17H21N3O3S. The van der Waals surface area contributed by atoms with E-state index in [1.54, 1.807) is 28.6 Å². The Morgan fingerprint density at radius 3 is 2.92 bits per heavy atom. The van der Waals surface area contributed by atoms with Gasteiger partial charge in [0.25, 0.3) is 0 Å². The lowest BCUT2D eigenvalue weighted by Crippen LogP contribution is -2.49. The van der Waals surface area contributed by atoms with Crippen LogP contribution in [0.2, 0.25) is 0 Å². The molecule has 0 saturated carbocycles. The van der Waals surface area contributed by atoms with Gasteiger partial charge in [-0.3, -0.25) is 9.59 Å². The van der Waals surface area contributed by atoms with Crippen LogP contribution < -0.4 is 0 Å². The number of thioether (sulfide) groups is 1. The average molecular weight is 347 g/mol. The largest absolute Gasteiger partial charge is 0.356 e. The van der Waals surface area contributed by atoms with Crippen LogP contribution in [0.5, 0.6) is 0 Å². The number of nitrogens with zero attached hydrogens (tertiary/aromatic N) is 3. The molecule has 2 aromatic rings. The number of benzene rings is 1. The summed E-state index contributed by atoms with van der Waals surface area (Å²) in [5.74, 6) is 1.08. The van der Waals surface area contributed by atoms with Crippen LogP contribution >= 0.6 is 11.8 Å². The Kier molecular flexibility index (Phi) is 4.80. The quantitative estimate of drug-likeness (QED) is 0.848. The number of amides is 2. The second-order valence-electron chi connectivity index (χ2n) is 6.22. The minimum Gasteiger partial charge on any atom is -0.356 e. The summed E-state index contributed by atoms with van der Waals surface area (Å²) in [6, 6.07) is 7.19. The highest BCUT2D eigenvalue weighted by Crippen LogP contribution is 2.25. The Hall–Kier alpha value is -2.02. The zero-order chi connectivity index (χ0) is 17.3. The van der Waals surface area contributed by atoms with Crippen LogP contribution in [0.1, 0.15) is 19.5 Å². The lowest BCUT2D eigenvalue weighted by Gasteiger charge is -2.29. The fourth-order valence-corrected chi connectivity index (χ4v) is 3.86. The number of likely N-dealkylation sites (N-methyl/N-ethyl adjacent to an activating group) is 1. The fourth-order valence-electron chi connectivity index (χ4n) is 2.69. The molecule has 1 atom stereocenters. The molecule has 1 aliphatic heterocycles. The first-order valence-electron chi connectivity index (χ1n) is 7.96. The lowest BCUT2D eigenvalue weighted by atomic mass is 10.1. The van der Waals surface area contributed by atoms with Crippen LogP contribution in [0.15, 0.2) is 28.8 Å². The first-order chi connectivity index (χ1) is 11.5. The van der Waals surface area contributed by atoms with Gasteiger partial charge in [-0.05, 0) is 26.0 Å². The number of rotatable bonds is 4. The van der Waals surface area contributed by atoms with Crippen molar-refractivity contribution >= 4 is 34.5 Å². The highest BCUT2D eigenvalue weighted by molar-refractivity contribution is 7.99. The summed E-state index contributed by atoms with van der Waals surface area (Å²) >= 11 is 1.61. The molecule has 0 radical (unpaired) electrons. The number of aromatic nitrogens is 1. The molecular weight excluding hydrogens is 326 g/mol. The van der Waals surface area contributed by atoms with Crippen LogP contribution in [-0.4, -0.2) is 57.5 Å². The zero-order valence-corrected chi connectivity index (χ0v) is 14.9. The smallest absolute Gasteiger partial charge is 0.246 e. The maximum Gasteiger partial charge on any atom is 0.246 e. The van der Waals surface area contributed by atoms with E-state index in [1.807, 2.05) is 38.1 Å². The van der Waals surface area contributed by atoms with E-state index in [9.17, 15) is 9.59 Å². The van der Waals surface area contributed by atoms with Crippen molar-refractivity contribution in [2.45, 2.75) is 32.4 Å². The van der Waals surface area contributed by atoms with E-state index in [2.05, 4.69) is 5.16 Å². The minimum absolute atomic E-state index is 0.00615. The Morgan fingerprint density at radius 1 is 1.42 bits per heavy atom. The average Bonchev–Trinajstić information content (AvgIpc) is 3.21. The second-order valence-corrected chi connectivity index (χ2v) is 7.22. The van der Waals surface area contributed by atoms with Crippen molar-refractivity contribution in [3.63, 3.8) is 0 Å². The van der Waals surface area contributed by atoms with Gasteiger partial charge in [-0.25, -0.2) is 0 Å². The highest BCUT2D eigenvalue weighted by atomic mass is 32.2. The Morgan fingerprint density at radius 2 is 2.17 bits per heavy atom. The van der Waals surface area contributed by atoms with Crippen molar-refractivity contribution in [3.8, 4) is 0 Å². The summed E-state index contributed by atoms with van der Waals surface area (Å²) in [6.07, 6.45) is 0.146. The molecule has 1 fully saturated rings. The van der Waals surface area contributed by atoms with Crippen molar-refractivity contribution in [1.82, 2.24) is 15.0 Å². The standard InChI is InChI=1S/C17H21N3O3S/c1-11(2)19(3)17(22)14-9-24-10-20(14)16(21)8-13-12-6-4-5-7-15(12)23-18-13/h4-7,11,14H,8-10H2,1-3H3/t14-/m1/s1. The molecule has 1 saturated heterocycles. The van der Waals surface area contributed by atoms with Gasteiger partial charge in [0.2, 0.25) is 11.8 Å². The number of fused-ring (bicyclic) bond motifs is 1.